The first-order chi connectivity index (χ1) is 14.6. The van der Waals surface area contributed by atoms with Gasteiger partial charge in [-0.2, -0.15) is 18.3 Å². The van der Waals surface area contributed by atoms with Gasteiger partial charge in [0.1, 0.15) is 11.6 Å². The smallest absolute Gasteiger partial charge is 0.363 e. The Balaban J connectivity index is 1.63. The first-order valence-corrected chi connectivity index (χ1v) is 9.82. The highest BCUT2D eigenvalue weighted by molar-refractivity contribution is 6.42. The number of carbonyl (C=O) groups excluding carboxylic acids is 1. The van der Waals surface area contributed by atoms with E-state index in [9.17, 15) is 22.4 Å². The van der Waals surface area contributed by atoms with Crippen molar-refractivity contribution in [2.75, 3.05) is 10.6 Å². The van der Waals surface area contributed by atoms with Crippen molar-refractivity contribution in [3.05, 3.63) is 75.7 Å². The summed E-state index contributed by atoms with van der Waals surface area (Å²) in [5.41, 5.74) is 0.599. The molecule has 0 spiro atoms. The Morgan fingerprint density at radius 3 is 2.45 bits per heavy atom. The maximum Gasteiger partial charge on any atom is 0.410 e. The zero-order valence-corrected chi connectivity index (χ0v) is 17.1. The number of halogens is 6. The van der Waals surface area contributed by atoms with Crippen molar-refractivity contribution in [3.8, 4) is 0 Å². The number of anilines is 2. The topological polar surface area (TPSA) is 59.0 Å². The molecule has 1 aliphatic rings. The summed E-state index contributed by atoms with van der Waals surface area (Å²) in [6.45, 7) is 0. The fourth-order valence-electron chi connectivity index (χ4n) is 3.37. The lowest BCUT2D eigenvalue weighted by molar-refractivity contribution is -0.173. The van der Waals surface area contributed by atoms with Crippen molar-refractivity contribution in [3.63, 3.8) is 0 Å². The molecule has 4 rings (SSSR count). The largest absolute Gasteiger partial charge is 0.410 e. The Kier molecular flexibility index (Phi) is 5.57. The Bertz CT molecular complexity index is 1130. The molecule has 0 fully saturated rings. The highest BCUT2D eigenvalue weighted by Gasteiger charge is 2.46. The van der Waals surface area contributed by atoms with Gasteiger partial charge in [-0.25, -0.2) is 9.07 Å². The van der Waals surface area contributed by atoms with E-state index >= 15 is 0 Å². The van der Waals surface area contributed by atoms with E-state index in [1.165, 1.54) is 48.5 Å². The summed E-state index contributed by atoms with van der Waals surface area (Å²) in [5, 5.41) is 9.86. The van der Waals surface area contributed by atoms with E-state index in [4.69, 9.17) is 23.2 Å². The van der Waals surface area contributed by atoms with Gasteiger partial charge in [-0.15, -0.1) is 0 Å². The number of nitrogens with zero attached hydrogens (tertiary/aromatic N) is 2. The average molecular weight is 473 g/mol. The van der Waals surface area contributed by atoms with E-state index in [1.807, 2.05) is 0 Å². The number of nitrogens with one attached hydrogen (secondary N) is 2. The molecule has 31 heavy (non-hydrogen) atoms. The Labute approximate surface area is 184 Å². The first-order valence-electron chi connectivity index (χ1n) is 9.06. The van der Waals surface area contributed by atoms with Crippen LogP contribution in [0, 0.1) is 5.82 Å². The Morgan fingerprint density at radius 2 is 1.81 bits per heavy atom. The Morgan fingerprint density at radius 1 is 1.10 bits per heavy atom. The second kappa shape index (κ2) is 8.05. The van der Waals surface area contributed by atoms with Gasteiger partial charge in [-0.05, 0) is 35.9 Å². The molecule has 162 valence electrons. The maximum absolute atomic E-state index is 13.7. The van der Waals surface area contributed by atoms with Gasteiger partial charge in [0.25, 0.3) is 5.91 Å². The normalized spacial score (nSPS) is 18.3. The van der Waals surface area contributed by atoms with E-state index < -0.39 is 30.0 Å². The van der Waals surface area contributed by atoms with Gasteiger partial charge < -0.3 is 10.6 Å². The second-order valence-corrected chi connectivity index (χ2v) is 7.80. The Hall–Kier alpha value is -2.78. The van der Waals surface area contributed by atoms with E-state index in [1.54, 1.807) is 0 Å². The van der Waals surface area contributed by atoms with Crippen molar-refractivity contribution in [2.45, 2.75) is 24.7 Å². The zero-order valence-electron chi connectivity index (χ0n) is 15.6. The molecular formula is C20H14Cl2F4N4O. The van der Waals surface area contributed by atoms with Crippen molar-refractivity contribution >= 4 is 40.6 Å². The van der Waals surface area contributed by atoms with Crippen molar-refractivity contribution < 1.29 is 22.4 Å². The number of amides is 1. The molecule has 1 aliphatic heterocycles. The summed E-state index contributed by atoms with van der Waals surface area (Å²) >= 11 is 11.8. The molecule has 5 nitrogen and oxygen atoms in total. The van der Waals surface area contributed by atoms with Crippen molar-refractivity contribution in [2.24, 2.45) is 0 Å². The van der Waals surface area contributed by atoms with Gasteiger partial charge in [0.2, 0.25) is 0 Å². The number of hydrogen-bond acceptors (Lipinski definition) is 3. The third-order valence-electron chi connectivity index (χ3n) is 4.87. The molecule has 0 aliphatic carbocycles. The third kappa shape index (κ3) is 4.47. The number of benzene rings is 2. The van der Waals surface area contributed by atoms with E-state index in [0.717, 1.165) is 4.68 Å². The van der Waals surface area contributed by atoms with Gasteiger partial charge in [-0.3, -0.25) is 4.79 Å². The van der Waals surface area contributed by atoms with E-state index in [2.05, 4.69) is 15.7 Å². The van der Waals surface area contributed by atoms with Gasteiger partial charge in [-0.1, -0.05) is 35.3 Å². The SMILES string of the molecule is O=C(Nc1ccc(Cl)c(Cl)c1)c1cc2n(n1)[C@H](C(F)(F)F)C[C@@H](c1ccc(F)cc1)N2. The van der Waals surface area contributed by atoms with E-state index in [-0.39, 0.29) is 23.0 Å². The molecule has 0 bridgehead atoms. The molecule has 2 aromatic carbocycles. The second-order valence-electron chi connectivity index (χ2n) is 6.98. The summed E-state index contributed by atoms with van der Waals surface area (Å²) in [7, 11) is 0. The zero-order chi connectivity index (χ0) is 22.3. The summed E-state index contributed by atoms with van der Waals surface area (Å²) in [4.78, 5) is 12.6. The fourth-order valence-corrected chi connectivity index (χ4v) is 3.67. The molecule has 1 aromatic heterocycles. The van der Waals surface area contributed by atoms with Crippen LogP contribution in [0.1, 0.15) is 34.6 Å². The third-order valence-corrected chi connectivity index (χ3v) is 5.61. The minimum absolute atomic E-state index is 0.0298. The van der Waals surface area contributed by atoms with Crippen LogP contribution in [-0.4, -0.2) is 21.9 Å². The summed E-state index contributed by atoms with van der Waals surface area (Å²) in [6.07, 6.45) is -4.96. The quantitative estimate of drug-likeness (QED) is 0.443. The standard InChI is InChI=1S/C20H14Cl2F4N4O/c21-13-6-5-12(7-14(13)22)27-19(31)16-9-18-28-15(10-1-3-11(23)4-2-10)8-17(20(24,25)26)30(18)29-16/h1-7,9,15,17,28H,8H2,(H,27,31)/t15-,17-/m0/s1. The monoisotopic (exact) mass is 472 g/mol. The number of aromatic nitrogens is 2. The number of fused-ring (bicyclic) bond motifs is 1. The lowest BCUT2D eigenvalue weighted by atomic mass is 9.97. The summed E-state index contributed by atoms with van der Waals surface area (Å²) < 4.78 is 55.2. The van der Waals surface area contributed by atoms with Crippen molar-refractivity contribution in [1.82, 2.24) is 9.78 Å². The first kappa shape index (κ1) is 21.5. The highest BCUT2D eigenvalue weighted by Crippen LogP contribution is 2.43. The predicted molar refractivity (Wildman–Crippen MR) is 109 cm³/mol. The number of hydrogen-bond donors (Lipinski definition) is 2. The molecule has 2 atom stereocenters. The molecule has 0 saturated heterocycles. The molecule has 3 aromatic rings. The van der Waals surface area contributed by atoms with Crippen LogP contribution in [0.25, 0.3) is 0 Å². The molecule has 0 unspecified atom stereocenters. The maximum atomic E-state index is 13.7. The van der Waals surface area contributed by atoms with Gasteiger partial charge in [0.15, 0.2) is 11.7 Å². The molecule has 0 saturated carbocycles. The van der Waals surface area contributed by atoms with Crippen LogP contribution < -0.4 is 10.6 Å². The van der Waals surface area contributed by atoms with Gasteiger partial charge in [0, 0.05) is 18.2 Å². The number of carbonyl (C=O) groups is 1. The number of rotatable bonds is 3. The predicted octanol–water partition coefficient (Wildman–Crippen LogP) is 6.24. The van der Waals surface area contributed by atoms with Gasteiger partial charge in [0.05, 0.1) is 16.1 Å². The van der Waals surface area contributed by atoms with E-state index in [0.29, 0.717) is 16.3 Å². The van der Waals surface area contributed by atoms with Crippen LogP contribution in [0.4, 0.5) is 29.1 Å². The summed E-state index contributed by atoms with van der Waals surface area (Å²) in [6, 6.07) is 8.15. The molecule has 2 N–H and O–H groups in total. The van der Waals surface area contributed by atoms with Crippen LogP contribution in [0.3, 0.4) is 0 Å². The number of alkyl halides is 3. The molecule has 2 heterocycles. The lowest BCUT2D eigenvalue weighted by Gasteiger charge is -2.33. The molecule has 1 amide bonds. The highest BCUT2D eigenvalue weighted by atomic mass is 35.5. The van der Waals surface area contributed by atoms with Crippen LogP contribution in [0.2, 0.25) is 10.0 Å². The fraction of sp³-hybridized carbons (Fsp3) is 0.200. The lowest BCUT2D eigenvalue weighted by Crippen LogP contribution is -2.35. The molecular weight excluding hydrogens is 459 g/mol. The average Bonchev–Trinajstić information content (AvgIpc) is 3.14. The van der Waals surface area contributed by atoms with Crippen LogP contribution in [-0.2, 0) is 0 Å². The summed E-state index contributed by atoms with van der Waals surface area (Å²) in [5.74, 6) is -1.17. The molecule has 0 radical (unpaired) electrons. The van der Waals surface area contributed by atoms with Crippen LogP contribution in [0.5, 0.6) is 0 Å². The van der Waals surface area contributed by atoms with Crippen LogP contribution >= 0.6 is 23.2 Å². The minimum Gasteiger partial charge on any atom is -0.363 e. The molecule has 11 heteroatoms. The van der Waals surface area contributed by atoms with Crippen molar-refractivity contribution in [1.29, 1.82) is 0 Å². The van der Waals surface area contributed by atoms with Gasteiger partial charge >= 0.3 is 6.18 Å². The minimum atomic E-state index is -4.60. The van der Waals surface area contributed by atoms with Crippen LogP contribution in [0.15, 0.2) is 48.5 Å².